The third-order valence-electron chi connectivity index (χ3n) is 1.57. The van der Waals surface area contributed by atoms with Crippen molar-refractivity contribution >= 4 is 37.8 Å². The van der Waals surface area contributed by atoms with E-state index in [1.807, 2.05) is 0 Å². The molecule has 0 aliphatic carbocycles. The van der Waals surface area contributed by atoms with Crippen molar-refractivity contribution in [1.82, 2.24) is 4.98 Å². The Bertz CT molecular complexity index is 373. The highest BCUT2D eigenvalue weighted by Gasteiger charge is 2.22. The van der Waals surface area contributed by atoms with Crippen LogP contribution >= 0.6 is 31.9 Å². The molecule has 0 aromatic carbocycles. The van der Waals surface area contributed by atoms with Gasteiger partial charge in [0.2, 0.25) is 0 Å². The number of rotatable bonds is 3. The highest BCUT2D eigenvalue weighted by Crippen LogP contribution is 2.29. The summed E-state index contributed by atoms with van der Waals surface area (Å²) < 4.78 is 18.0. The van der Waals surface area contributed by atoms with Crippen LogP contribution in [-0.2, 0) is 9.53 Å². The van der Waals surface area contributed by atoms with Gasteiger partial charge in [-0.1, -0.05) is 15.9 Å². The van der Waals surface area contributed by atoms with Crippen LogP contribution in [0.25, 0.3) is 0 Å². The molecule has 1 heterocycles. The van der Waals surface area contributed by atoms with E-state index in [0.717, 1.165) is 6.20 Å². The molecule has 82 valence electrons. The lowest BCUT2D eigenvalue weighted by atomic mass is 10.3. The van der Waals surface area contributed by atoms with E-state index < -0.39 is 16.6 Å². The number of aromatic nitrogens is 1. The van der Waals surface area contributed by atoms with Gasteiger partial charge in [-0.15, -0.1) is 0 Å². The number of halogens is 3. The Hall–Kier alpha value is -0.490. The average molecular weight is 341 g/mol. The molecule has 1 rings (SSSR count). The van der Waals surface area contributed by atoms with E-state index >= 15 is 0 Å². The van der Waals surface area contributed by atoms with E-state index in [9.17, 15) is 9.18 Å². The maximum absolute atomic E-state index is 12.7. The van der Waals surface area contributed by atoms with Crippen LogP contribution in [0.1, 0.15) is 17.4 Å². The lowest BCUT2D eigenvalue weighted by Crippen LogP contribution is -2.12. The summed E-state index contributed by atoms with van der Waals surface area (Å²) in [5.74, 6) is -0.911. The first-order chi connectivity index (χ1) is 7.06. The van der Waals surface area contributed by atoms with Crippen LogP contribution in [-0.4, -0.2) is 17.6 Å². The summed E-state index contributed by atoms with van der Waals surface area (Å²) in [4.78, 5) is 14.5. The number of pyridine rings is 1. The summed E-state index contributed by atoms with van der Waals surface area (Å²) >= 11 is 6.27. The van der Waals surface area contributed by atoms with Gasteiger partial charge in [-0.25, -0.2) is 4.39 Å². The molecule has 0 radical (unpaired) electrons. The number of nitrogens with zero attached hydrogens (tertiary/aromatic N) is 1. The van der Waals surface area contributed by atoms with Crippen molar-refractivity contribution in [1.29, 1.82) is 0 Å². The summed E-state index contributed by atoms with van der Waals surface area (Å²) in [6.45, 7) is 2.00. The normalized spacial score (nSPS) is 12.3. The Balaban J connectivity index is 2.91. The molecular formula is C9H8Br2FNO2. The highest BCUT2D eigenvalue weighted by molar-refractivity contribution is 9.11. The molecule has 0 aliphatic heterocycles. The number of hydrogen-bond donors (Lipinski definition) is 0. The highest BCUT2D eigenvalue weighted by atomic mass is 79.9. The fourth-order valence-corrected chi connectivity index (χ4v) is 2.29. The van der Waals surface area contributed by atoms with Gasteiger partial charge in [0.25, 0.3) is 0 Å². The van der Waals surface area contributed by atoms with Gasteiger partial charge in [-0.05, 0) is 28.9 Å². The zero-order chi connectivity index (χ0) is 11.4. The second kappa shape index (κ2) is 5.55. The van der Waals surface area contributed by atoms with Crippen LogP contribution in [0, 0.1) is 5.82 Å². The predicted octanol–water partition coefficient (Wildman–Crippen LogP) is 2.98. The van der Waals surface area contributed by atoms with Gasteiger partial charge >= 0.3 is 5.97 Å². The summed E-state index contributed by atoms with van der Waals surface area (Å²) in [5, 5.41) is 0. The Morgan fingerprint density at radius 3 is 2.93 bits per heavy atom. The minimum absolute atomic E-state index is 0.291. The van der Waals surface area contributed by atoms with Crippen molar-refractivity contribution < 1.29 is 13.9 Å². The van der Waals surface area contributed by atoms with E-state index in [1.54, 1.807) is 6.92 Å². The van der Waals surface area contributed by atoms with Gasteiger partial charge in [0.15, 0.2) is 4.83 Å². The molecular weight excluding hydrogens is 333 g/mol. The Labute approximate surface area is 103 Å². The number of carbonyl (C=O) groups excluding carboxylic acids is 1. The molecule has 15 heavy (non-hydrogen) atoms. The quantitative estimate of drug-likeness (QED) is 0.627. The molecule has 0 saturated heterocycles. The van der Waals surface area contributed by atoms with Crippen molar-refractivity contribution in [3.05, 3.63) is 28.2 Å². The van der Waals surface area contributed by atoms with E-state index in [0.29, 0.717) is 16.8 Å². The monoisotopic (exact) mass is 339 g/mol. The van der Waals surface area contributed by atoms with Crippen LogP contribution < -0.4 is 0 Å². The zero-order valence-corrected chi connectivity index (χ0v) is 11.0. The van der Waals surface area contributed by atoms with Crippen LogP contribution in [0.15, 0.2) is 16.7 Å². The van der Waals surface area contributed by atoms with Gasteiger partial charge in [-0.2, -0.15) is 0 Å². The van der Waals surface area contributed by atoms with Crippen molar-refractivity contribution in [2.45, 2.75) is 11.8 Å². The van der Waals surface area contributed by atoms with Gasteiger partial charge < -0.3 is 4.74 Å². The summed E-state index contributed by atoms with van der Waals surface area (Å²) in [7, 11) is 0. The summed E-state index contributed by atoms with van der Waals surface area (Å²) in [5.41, 5.74) is 0.398. The third kappa shape index (κ3) is 3.24. The van der Waals surface area contributed by atoms with Crippen LogP contribution in [0.3, 0.4) is 0 Å². The molecule has 0 N–H and O–H groups in total. The second-order valence-electron chi connectivity index (χ2n) is 2.64. The molecule has 0 fully saturated rings. The van der Waals surface area contributed by atoms with E-state index in [-0.39, 0.29) is 0 Å². The SMILES string of the molecule is CCOC(=O)C(Br)c1ncc(F)cc1Br. The number of carbonyl (C=O) groups is 1. The molecule has 1 aromatic heterocycles. The molecule has 6 heteroatoms. The van der Waals surface area contributed by atoms with Crippen molar-refractivity contribution in [3.8, 4) is 0 Å². The Kier molecular flexibility index (Phi) is 4.66. The molecule has 0 spiro atoms. The van der Waals surface area contributed by atoms with Gasteiger partial charge in [0.05, 0.1) is 18.5 Å². The van der Waals surface area contributed by atoms with E-state index in [4.69, 9.17) is 4.74 Å². The van der Waals surface area contributed by atoms with Crippen molar-refractivity contribution in [2.75, 3.05) is 6.61 Å². The minimum atomic E-state index is -0.688. The van der Waals surface area contributed by atoms with E-state index in [1.165, 1.54) is 6.07 Å². The number of alkyl halides is 1. The van der Waals surface area contributed by atoms with Crippen LogP contribution in [0.2, 0.25) is 0 Å². The molecule has 1 aromatic rings. The zero-order valence-electron chi connectivity index (χ0n) is 7.84. The Morgan fingerprint density at radius 1 is 1.73 bits per heavy atom. The molecule has 3 nitrogen and oxygen atoms in total. The van der Waals surface area contributed by atoms with Crippen LogP contribution in [0.4, 0.5) is 4.39 Å². The molecule has 1 atom stereocenters. The van der Waals surface area contributed by atoms with Crippen LogP contribution in [0.5, 0.6) is 0 Å². The first-order valence-electron chi connectivity index (χ1n) is 4.18. The van der Waals surface area contributed by atoms with E-state index in [2.05, 4.69) is 36.8 Å². The molecule has 0 aliphatic rings. The fraction of sp³-hybridized carbons (Fsp3) is 0.333. The predicted molar refractivity (Wildman–Crippen MR) is 60.2 cm³/mol. The topological polar surface area (TPSA) is 39.2 Å². The standard InChI is InChI=1S/C9H8Br2FNO2/c1-2-15-9(14)7(11)8-6(10)3-5(12)4-13-8/h3-4,7H,2H2,1H3. The Morgan fingerprint density at radius 2 is 2.40 bits per heavy atom. The first-order valence-corrected chi connectivity index (χ1v) is 5.88. The minimum Gasteiger partial charge on any atom is -0.465 e. The lowest BCUT2D eigenvalue weighted by molar-refractivity contribution is -0.142. The second-order valence-corrected chi connectivity index (χ2v) is 4.41. The third-order valence-corrected chi connectivity index (χ3v) is 3.01. The average Bonchev–Trinajstić information content (AvgIpc) is 2.17. The maximum atomic E-state index is 12.7. The maximum Gasteiger partial charge on any atom is 0.325 e. The van der Waals surface area contributed by atoms with Crippen molar-refractivity contribution in [2.24, 2.45) is 0 Å². The lowest BCUT2D eigenvalue weighted by Gasteiger charge is -2.09. The van der Waals surface area contributed by atoms with Crippen molar-refractivity contribution in [3.63, 3.8) is 0 Å². The number of esters is 1. The summed E-state index contributed by atoms with van der Waals surface area (Å²) in [6.07, 6.45) is 1.05. The summed E-state index contributed by atoms with van der Waals surface area (Å²) in [6, 6.07) is 1.25. The smallest absolute Gasteiger partial charge is 0.325 e. The number of ether oxygens (including phenoxy) is 1. The molecule has 0 amide bonds. The van der Waals surface area contributed by atoms with Gasteiger partial charge in [0.1, 0.15) is 5.82 Å². The molecule has 0 saturated carbocycles. The fourth-order valence-electron chi connectivity index (χ4n) is 0.939. The number of hydrogen-bond acceptors (Lipinski definition) is 3. The van der Waals surface area contributed by atoms with Gasteiger partial charge in [0, 0.05) is 4.47 Å². The first kappa shape index (κ1) is 12.6. The molecule has 1 unspecified atom stereocenters. The van der Waals surface area contributed by atoms with Gasteiger partial charge in [-0.3, -0.25) is 9.78 Å². The largest absolute Gasteiger partial charge is 0.465 e. The molecule has 0 bridgehead atoms.